The van der Waals surface area contributed by atoms with Crippen molar-refractivity contribution in [3.8, 4) is 0 Å². The second-order valence-electron chi connectivity index (χ2n) is 5.22. The van der Waals surface area contributed by atoms with Gasteiger partial charge in [-0.2, -0.15) is 13.2 Å². The molecule has 0 aromatic heterocycles. The van der Waals surface area contributed by atoms with E-state index in [1.54, 1.807) is 0 Å². The third kappa shape index (κ3) is 3.91. The van der Waals surface area contributed by atoms with Gasteiger partial charge in [-0.25, -0.2) is 8.78 Å². The highest BCUT2D eigenvalue weighted by atomic mass is 19.4. The van der Waals surface area contributed by atoms with Crippen molar-refractivity contribution < 1.29 is 22.0 Å². The van der Waals surface area contributed by atoms with Crippen molar-refractivity contribution in [2.45, 2.75) is 44.4 Å². The first-order valence-corrected chi connectivity index (χ1v) is 6.60. The van der Waals surface area contributed by atoms with Crippen molar-refractivity contribution >= 4 is 0 Å². The molecule has 1 N–H and O–H groups in total. The van der Waals surface area contributed by atoms with Gasteiger partial charge in [-0.15, -0.1) is 0 Å². The molecule has 0 saturated heterocycles. The van der Waals surface area contributed by atoms with Crippen molar-refractivity contribution in [2.75, 3.05) is 0 Å². The maximum atomic E-state index is 13.0. The smallest absolute Gasteiger partial charge is 0.310 e. The van der Waals surface area contributed by atoms with Crippen molar-refractivity contribution in [3.05, 3.63) is 35.4 Å². The summed E-state index contributed by atoms with van der Waals surface area (Å²) in [4.78, 5) is 0. The molecular formula is C14H16F5N. The van der Waals surface area contributed by atoms with Gasteiger partial charge in [0.05, 0.1) is 5.92 Å². The van der Waals surface area contributed by atoms with E-state index in [-0.39, 0.29) is 18.9 Å². The average molecular weight is 293 g/mol. The summed E-state index contributed by atoms with van der Waals surface area (Å²) in [5.74, 6) is -3.02. The second-order valence-corrected chi connectivity index (χ2v) is 5.22. The van der Waals surface area contributed by atoms with E-state index in [1.807, 2.05) is 0 Å². The molecule has 1 aromatic carbocycles. The SMILES string of the molecule is Fc1ccc(CNC2CCC(C(F)(F)F)CC2)cc1F. The highest BCUT2D eigenvalue weighted by Crippen LogP contribution is 2.37. The molecule has 20 heavy (non-hydrogen) atoms. The van der Waals surface area contributed by atoms with Crippen molar-refractivity contribution in [2.24, 2.45) is 5.92 Å². The molecule has 1 aromatic rings. The van der Waals surface area contributed by atoms with Crippen LogP contribution in [0.1, 0.15) is 31.2 Å². The lowest BCUT2D eigenvalue weighted by Gasteiger charge is -2.30. The summed E-state index contributed by atoms with van der Waals surface area (Å²) in [6.45, 7) is 0.332. The van der Waals surface area contributed by atoms with Gasteiger partial charge in [-0.3, -0.25) is 0 Å². The number of alkyl halides is 3. The Morgan fingerprint density at radius 3 is 2.20 bits per heavy atom. The maximum absolute atomic E-state index is 13.0. The highest BCUT2D eigenvalue weighted by molar-refractivity contribution is 5.17. The van der Waals surface area contributed by atoms with E-state index >= 15 is 0 Å². The van der Waals surface area contributed by atoms with E-state index in [1.165, 1.54) is 6.07 Å². The fourth-order valence-electron chi connectivity index (χ4n) is 2.54. The Morgan fingerprint density at radius 1 is 1.00 bits per heavy atom. The molecule has 1 aliphatic rings. The third-order valence-corrected chi connectivity index (χ3v) is 3.77. The summed E-state index contributed by atoms with van der Waals surface area (Å²) in [7, 11) is 0. The minimum atomic E-state index is -4.11. The van der Waals surface area contributed by atoms with E-state index in [0.29, 0.717) is 24.9 Å². The number of hydrogen-bond acceptors (Lipinski definition) is 1. The van der Waals surface area contributed by atoms with Gasteiger partial charge in [0.1, 0.15) is 0 Å². The molecule has 0 bridgehead atoms. The van der Waals surface area contributed by atoms with Crippen LogP contribution in [0.4, 0.5) is 22.0 Å². The minimum Gasteiger partial charge on any atom is -0.310 e. The van der Waals surface area contributed by atoms with Gasteiger partial charge in [0.2, 0.25) is 0 Å². The molecule has 0 unspecified atom stereocenters. The molecule has 1 aliphatic carbocycles. The normalized spacial score (nSPS) is 23.9. The van der Waals surface area contributed by atoms with Gasteiger partial charge in [0, 0.05) is 12.6 Å². The molecule has 0 amide bonds. The Balaban J connectivity index is 1.80. The number of hydrogen-bond donors (Lipinski definition) is 1. The largest absolute Gasteiger partial charge is 0.391 e. The van der Waals surface area contributed by atoms with E-state index in [9.17, 15) is 22.0 Å². The first-order valence-electron chi connectivity index (χ1n) is 6.60. The fourth-order valence-corrected chi connectivity index (χ4v) is 2.54. The molecule has 1 saturated carbocycles. The Bertz CT molecular complexity index is 449. The van der Waals surface area contributed by atoms with E-state index < -0.39 is 23.7 Å². The first-order chi connectivity index (χ1) is 9.36. The van der Waals surface area contributed by atoms with Crippen LogP contribution in [0.5, 0.6) is 0 Å². The average Bonchev–Trinajstić information content (AvgIpc) is 2.40. The zero-order valence-corrected chi connectivity index (χ0v) is 10.8. The minimum absolute atomic E-state index is 0.00159. The number of rotatable bonds is 3. The zero-order valence-electron chi connectivity index (χ0n) is 10.8. The Kier molecular flexibility index (Phi) is 4.62. The first kappa shape index (κ1) is 15.2. The van der Waals surface area contributed by atoms with E-state index in [4.69, 9.17) is 0 Å². The van der Waals surface area contributed by atoms with Gasteiger partial charge in [0.15, 0.2) is 11.6 Å². The van der Waals surface area contributed by atoms with Crippen molar-refractivity contribution in [3.63, 3.8) is 0 Å². The molecule has 0 aliphatic heterocycles. The number of nitrogens with one attached hydrogen (secondary N) is 1. The fraction of sp³-hybridized carbons (Fsp3) is 0.571. The zero-order chi connectivity index (χ0) is 14.8. The molecule has 0 radical (unpaired) electrons. The molecular weight excluding hydrogens is 277 g/mol. The monoisotopic (exact) mass is 293 g/mol. The second kappa shape index (κ2) is 6.08. The van der Waals surface area contributed by atoms with Crippen LogP contribution >= 0.6 is 0 Å². The molecule has 2 rings (SSSR count). The molecule has 0 atom stereocenters. The van der Waals surface area contributed by atoms with Crippen LogP contribution in [-0.4, -0.2) is 12.2 Å². The molecule has 6 heteroatoms. The maximum Gasteiger partial charge on any atom is 0.391 e. The summed E-state index contributed by atoms with van der Waals surface area (Å²) in [5.41, 5.74) is 0.585. The van der Waals surface area contributed by atoms with Crippen LogP contribution in [0.25, 0.3) is 0 Å². The van der Waals surface area contributed by atoms with Crippen LogP contribution in [0.2, 0.25) is 0 Å². The third-order valence-electron chi connectivity index (χ3n) is 3.77. The quantitative estimate of drug-likeness (QED) is 0.825. The Hall–Kier alpha value is -1.17. The summed E-state index contributed by atoms with van der Waals surface area (Å²) in [6, 6.07) is 3.62. The van der Waals surface area contributed by atoms with Crippen LogP contribution in [0, 0.1) is 17.6 Å². The van der Waals surface area contributed by atoms with E-state index in [2.05, 4.69) is 5.32 Å². The molecule has 0 spiro atoms. The van der Waals surface area contributed by atoms with Crippen LogP contribution in [-0.2, 0) is 6.54 Å². The van der Waals surface area contributed by atoms with E-state index in [0.717, 1.165) is 12.1 Å². The number of halogens is 5. The molecule has 112 valence electrons. The van der Waals surface area contributed by atoms with Gasteiger partial charge in [-0.05, 0) is 43.4 Å². The number of benzene rings is 1. The summed E-state index contributed by atoms with van der Waals surface area (Å²) < 4.78 is 63.3. The van der Waals surface area contributed by atoms with Gasteiger partial charge in [-0.1, -0.05) is 6.07 Å². The van der Waals surface area contributed by atoms with Gasteiger partial charge >= 0.3 is 6.18 Å². The highest BCUT2D eigenvalue weighted by Gasteiger charge is 2.41. The van der Waals surface area contributed by atoms with Crippen LogP contribution in [0.3, 0.4) is 0 Å². The van der Waals surface area contributed by atoms with Crippen LogP contribution in [0.15, 0.2) is 18.2 Å². The van der Waals surface area contributed by atoms with Crippen molar-refractivity contribution in [1.82, 2.24) is 5.32 Å². The van der Waals surface area contributed by atoms with Gasteiger partial charge < -0.3 is 5.32 Å². The lowest BCUT2D eigenvalue weighted by Crippen LogP contribution is -2.36. The summed E-state index contributed by atoms with van der Waals surface area (Å²) in [6.07, 6.45) is -2.95. The van der Waals surface area contributed by atoms with Crippen LogP contribution < -0.4 is 5.32 Å². The Labute approximate surface area is 114 Å². The van der Waals surface area contributed by atoms with Crippen molar-refractivity contribution in [1.29, 1.82) is 0 Å². The predicted octanol–water partition coefficient (Wildman–Crippen LogP) is 4.18. The Morgan fingerprint density at radius 2 is 1.65 bits per heavy atom. The molecule has 0 heterocycles. The summed E-state index contributed by atoms with van der Waals surface area (Å²) in [5, 5.41) is 3.10. The summed E-state index contributed by atoms with van der Waals surface area (Å²) >= 11 is 0. The standard InChI is InChI=1S/C14H16F5N/c15-12-6-1-9(7-13(12)16)8-20-11-4-2-10(3-5-11)14(17,18)19/h1,6-7,10-11,20H,2-5,8H2. The predicted molar refractivity (Wildman–Crippen MR) is 65.0 cm³/mol. The topological polar surface area (TPSA) is 12.0 Å². The van der Waals surface area contributed by atoms with Gasteiger partial charge in [0.25, 0.3) is 0 Å². The lowest BCUT2D eigenvalue weighted by atomic mass is 9.85. The molecule has 1 nitrogen and oxygen atoms in total. The lowest BCUT2D eigenvalue weighted by molar-refractivity contribution is -0.182. The molecule has 1 fully saturated rings.